The van der Waals surface area contributed by atoms with E-state index in [9.17, 15) is 13.6 Å². The highest BCUT2D eigenvalue weighted by molar-refractivity contribution is 7.99. The molecule has 1 unspecified atom stereocenters. The number of alkyl halides is 2. The van der Waals surface area contributed by atoms with Gasteiger partial charge >= 0.3 is 0 Å². The molecule has 0 bridgehead atoms. The standard InChI is InChI=1S/C12H14ClF2NO2S/c13-9-3-1-2-8(4-9)6-19-7-11(18)16-5-10(17)12(14)15/h1-4,10,12,17H,5-7H2,(H,16,18). The fraction of sp³-hybridized carbons (Fsp3) is 0.417. The van der Waals surface area contributed by atoms with Crippen molar-refractivity contribution in [2.75, 3.05) is 12.3 Å². The van der Waals surface area contributed by atoms with Crippen molar-refractivity contribution in [3.63, 3.8) is 0 Å². The van der Waals surface area contributed by atoms with Crippen molar-refractivity contribution in [1.29, 1.82) is 0 Å². The van der Waals surface area contributed by atoms with E-state index in [1.54, 1.807) is 12.1 Å². The molecule has 0 fully saturated rings. The maximum atomic E-state index is 12.0. The highest BCUT2D eigenvalue weighted by Crippen LogP contribution is 2.16. The summed E-state index contributed by atoms with van der Waals surface area (Å²) in [6.45, 7) is -0.436. The minimum Gasteiger partial charge on any atom is -0.385 e. The van der Waals surface area contributed by atoms with E-state index in [1.165, 1.54) is 11.8 Å². The zero-order valence-electron chi connectivity index (χ0n) is 9.98. The molecule has 7 heteroatoms. The van der Waals surface area contributed by atoms with E-state index < -0.39 is 19.1 Å². The number of thioether (sulfide) groups is 1. The second-order valence-corrected chi connectivity index (χ2v) is 5.25. The Morgan fingerprint density at radius 1 is 1.47 bits per heavy atom. The Morgan fingerprint density at radius 2 is 2.21 bits per heavy atom. The quantitative estimate of drug-likeness (QED) is 0.812. The van der Waals surface area contributed by atoms with E-state index in [-0.39, 0.29) is 11.7 Å². The Labute approximate surface area is 119 Å². The molecule has 0 aliphatic heterocycles. The van der Waals surface area contributed by atoms with Crippen LogP contribution in [0.5, 0.6) is 0 Å². The second-order valence-electron chi connectivity index (χ2n) is 3.83. The van der Waals surface area contributed by atoms with Gasteiger partial charge in [0.15, 0.2) is 0 Å². The third-order valence-electron chi connectivity index (χ3n) is 2.19. The van der Waals surface area contributed by atoms with Gasteiger partial charge in [-0.1, -0.05) is 23.7 Å². The first-order valence-electron chi connectivity index (χ1n) is 5.54. The lowest BCUT2D eigenvalue weighted by atomic mass is 10.2. The molecule has 0 spiro atoms. The molecular weight excluding hydrogens is 296 g/mol. The summed E-state index contributed by atoms with van der Waals surface area (Å²) in [5.74, 6) is 0.361. The number of halogens is 3. The first-order chi connectivity index (χ1) is 8.99. The van der Waals surface area contributed by atoms with E-state index in [4.69, 9.17) is 16.7 Å². The van der Waals surface area contributed by atoms with Crippen molar-refractivity contribution in [1.82, 2.24) is 5.32 Å². The van der Waals surface area contributed by atoms with Crippen LogP contribution in [0.15, 0.2) is 24.3 Å². The third-order valence-corrected chi connectivity index (χ3v) is 3.43. The Balaban J connectivity index is 2.20. The number of rotatable bonds is 7. The molecule has 1 aromatic carbocycles. The summed E-state index contributed by atoms with van der Waals surface area (Å²) in [7, 11) is 0. The minimum absolute atomic E-state index is 0.141. The number of aliphatic hydroxyl groups is 1. The molecular formula is C12H14ClF2NO2S. The summed E-state index contributed by atoms with van der Waals surface area (Å²) in [5.41, 5.74) is 0.984. The number of nitrogens with one attached hydrogen (secondary N) is 1. The number of carbonyl (C=O) groups is 1. The van der Waals surface area contributed by atoms with Gasteiger partial charge in [-0.2, -0.15) is 0 Å². The average Bonchev–Trinajstić information content (AvgIpc) is 2.36. The molecule has 0 aliphatic carbocycles. The van der Waals surface area contributed by atoms with Gasteiger partial charge in [-0.3, -0.25) is 4.79 Å². The van der Waals surface area contributed by atoms with Gasteiger partial charge in [0, 0.05) is 17.3 Å². The fourth-order valence-electron chi connectivity index (χ4n) is 1.25. The molecule has 106 valence electrons. The summed E-state index contributed by atoms with van der Waals surface area (Å²) >= 11 is 7.16. The van der Waals surface area contributed by atoms with Crippen LogP contribution in [0.3, 0.4) is 0 Å². The largest absolute Gasteiger partial charge is 0.385 e. The van der Waals surface area contributed by atoms with Crippen LogP contribution in [-0.4, -0.2) is 35.8 Å². The molecule has 3 nitrogen and oxygen atoms in total. The van der Waals surface area contributed by atoms with Crippen molar-refractivity contribution in [2.24, 2.45) is 0 Å². The second kappa shape index (κ2) is 8.35. The Hall–Kier alpha value is -0.850. The average molecular weight is 310 g/mol. The third kappa shape index (κ3) is 6.75. The van der Waals surface area contributed by atoms with Gasteiger partial charge in [-0.15, -0.1) is 11.8 Å². The lowest BCUT2D eigenvalue weighted by Crippen LogP contribution is -2.36. The molecule has 0 aromatic heterocycles. The van der Waals surface area contributed by atoms with Crippen molar-refractivity contribution in [2.45, 2.75) is 18.3 Å². The van der Waals surface area contributed by atoms with Crippen molar-refractivity contribution >= 4 is 29.3 Å². The molecule has 1 amide bonds. The van der Waals surface area contributed by atoms with Gasteiger partial charge in [0.05, 0.1) is 5.75 Å². The SMILES string of the molecule is O=C(CSCc1cccc(Cl)c1)NCC(O)C(F)F. The smallest absolute Gasteiger partial charge is 0.265 e. The predicted molar refractivity (Wildman–Crippen MR) is 72.6 cm³/mol. The van der Waals surface area contributed by atoms with Crippen LogP contribution in [0.25, 0.3) is 0 Å². The highest BCUT2D eigenvalue weighted by atomic mass is 35.5. The van der Waals surface area contributed by atoms with E-state index >= 15 is 0 Å². The highest BCUT2D eigenvalue weighted by Gasteiger charge is 2.17. The zero-order chi connectivity index (χ0) is 14.3. The van der Waals surface area contributed by atoms with Crippen LogP contribution < -0.4 is 5.32 Å². The maximum absolute atomic E-state index is 12.0. The Kier molecular flexibility index (Phi) is 7.12. The predicted octanol–water partition coefficient (Wildman–Crippen LogP) is 2.32. The summed E-state index contributed by atoms with van der Waals surface area (Å²) in [6, 6.07) is 7.26. The molecule has 1 aromatic rings. The van der Waals surface area contributed by atoms with Gasteiger partial charge in [0.25, 0.3) is 6.43 Å². The van der Waals surface area contributed by atoms with Crippen molar-refractivity contribution < 1.29 is 18.7 Å². The van der Waals surface area contributed by atoms with Crippen LogP contribution in [0.4, 0.5) is 8.78 Å². The minimum atomic E-state index is -2.85. The lowest BCUT2D eigenvalue weighted by molar-refractivity contribution is -0.119. The molecule has 2 N–H and O–H groups in total. The topological polar surface area (TPSA) is 49.3 Å². The molecule has 1 atom stereocenters. The molecule has 0 radical (unpaired) electrons. The first-order valence-corrected chi connectivity index (χ1v) is 7.07. The molecule has 1 rings (SSSR count). The van der Waals surface area contributed by atoms with E-state index in [0.29, 0.717) is 10.8 Å². The molecule has 0 heterocycles. The van der Waals surface area contributed by atoms with Gasteiger partial charge in [-0.05, 0) is 17.7 Å². The van der Waals surface area contributed by atoms with Crippen molar-refractivity contribution in [3.05, 3.63) is 34.9 Å². The van der Waals surface area contributed by atoms with Crippen LogP contribution in [0.1, 0.15) is 5.56 Å². The summed E-state index contributed by atoms with van der Waals surface area (Å²) < 4.78 is 23.9. The van der Waals surface area contributed by atoms with Crippen molar-refractivity contribution in [3.8, 4) is 0 Å². The Morgan fingerprint density at radius 3 is 2.84 bits per heavy atom. The molecule has 0 aliphatic rings. The number of benzene rings is 1. The fourth-order valence-corrected chi connectivity index (χ4v) is 2.26. The zero-order valence-corrected chi connectivity index (χ0v) is 11.6. The molecule has 19 heavy (non-hydrogen) atoms. The summed E-state index contributed by atoms with van der Waals surface area (Å²) in [5, 5.41) is 11.7. The van der Waals surface area contributed by atoms with Crippen LogP contribution in [0, 0.1) is 0 Å². The number of hydrogen-bond donors (Lipinski definition) is 2. The number of hydrogen-bond acceptors (Lipinski definition) is 3. The van der Waals surface area contributed by atoms with E-state index in [2.05, 4.69) is 5.32 Å². The summed E-state index contributed by atoms with van der Waals surface area (Å²) in [6.07, 6.45) is -4.67. The maximum Gasteiger partial charge on any atom is 0.265 e. The lowest BCUT2D eigenvalue weighted by Gasteiger charge is -2.10. The monoisotopic (exact) mass is 309 g/mol. The molecule has 0 saturated heterocycles. The van der Waals surface area contributed by atoms with Crippen LogP contribution >= 0.6 is 23.4 Å². The molecule has 0 saturated carbocycles. The normalized spacial score (nSPS) is 12.5. The summed E-state index contributed by atoms with van der Waals surface area (Å²) in [4.78, 5) is 11.3. The number of amides is 1. The number of carbonyl (C=O) groups excluding carboxylic acids is 1. The number of aliphatic hydroxyl groups excluding tert-OH is 1. The first kappa shape index (κ1) is 16.2. The van der Waals surface area contributed by atoms with E-state index in [0.717, 1.165) is 5.56 Å². The Bertz CT molecular complexity index is 420. The van der Waals surface area contributed by atoms with Gasteiger partial charge < -0.3 is 10.4 Å². The van der Waals surface area contributed by atoms with E-state index in [1.807, 2.05) is 12.1 Å². The van der Waals surface area contributed by atoms with Crippen LogP contribution in [-0.2, 0) is 10.5 Å². The van der Waals surface area contributed by atoms with Gasteiger partial charge in [0.1, 0.15) is 6.10 Å². The van der Waals surface area contributed by atoms with Crippen LogP contribution in [0.2, 0.25) is 5.02 Å². The van der Waals surface area contributed by atoms with Gasteiger partial charge in [-0.25, -0.2) is 8.78 Å². The van der Waals surface area contributed by atoms with Gasteiger partial charge in [0.2, 0.25) is 5.91 Å².